The zero-order chi connectivity index (χ0) is 12.3. The summed E-state index contributed by atoms with van der Waals surface area (Å²) in [6.07, 6.45) is 3.69. The molecule has 3 nitrogen and oxygen atoms in total. The predicted octanol–water partition coefficient (Wildman–Crippen LogP) is 2.61. The van der Waals surface area contributed by atoms with Gasteiger partial charge in [-0.15, -0.1) is 0 Å². The van der Waals surface area contributed by atoms with Gasteiger partial charge in [0.2, 0.25) is 0 Å². The summed E-state index contributed by atoms with van der Waals surface area (Å²) in [5.41, 5.74) is 2.41. The molecule has 0 spiro atoms. The van der Waals surface area contributed by atoms with E-state index in [2.05, 4.69) is 6.07 Å². The average Bonchev–Trinajstić information content (AvgIpc) is 2.78. The van der Waals surface area contributed by atoms with Crippen molar-refractivity contribution in [1.82, 2.24) is 4.57 Å². The van der Waals surface area contributed by atoms with Crippen molar-refractivity contribution in [2.24, 2.45) is 0 Å². The summed E-state index contributed by atoms with van der Waals surface area (Å²) in [5, 5.41) is 8.80. The van der Waals surface area contributed by atoms with Crippen LogP contribution < -0.4 is 0 Å². The summed E-state index contributed by atoms with van der Waals surface area (Å²) >= 11 is 0. The lowest BCUT2D eigenvalue weighted by atomic mass is 10.1. The molecular weight excluding hydrogens is 212 g/mol. The van der Waals surface area contributed by atoms with Crippen LogP contribution in [-0.4, -0.2) is 10.4 Å². The molecule has 0 saturated carbocycles. The van der Waals surface area contributed by atoms with Crippen LogP contribution in [0.15, 0.2) is 42.7 Å². The summed E-state index contributed by atoms with van der Waals surface area (Å²) in [6.45, 7) is 2.22. The molecule has 0 aliphatic heterocycles. The molecule has 0 atom stereocenters. The van der Waals surface area contributed by atoms with Gasteiger partial charge in [0.1, 0.15) is 0 Å². The van der Waals surface area contributed by atoms with E-state index in [4.69, 9.17) is 5.26 Å². The van der Waals surface area contributed by atoms with E-state index in [1.54, 1.807) is 19.1 Å². The Morgan fingerprint density at radius 1 is 1.41 bits per heavy atom. The van der Waals surface area contributed by atoms with E-state index < -0.39 is 0 Å². The van der Waals surface area contributed by atoms with Crippen molar-refractivity contribution in [2.45, 2.75) is 13.5 Å². The first-order valence-electron chi connectivity index (χ1n) is 5.35. The lowest BCUT2D eigenvalue weighted by molar-refractivity contribution is 0.101. The molecule has 0 saturated heterocycles. The highest BCUT2D eigenvalue weighted by Crippen LogP contribution is 2.09. The topological polar surface area (TPSA) is 45.8 Å². The molecule has 0 aliphatic rings. The second-order valence-electron chi connectivity index (χ2n) is 3.94. The third-order valence-electron chi connectivity index (χ3n) is 2.58. The second kappa shape index (κ2) is 4.67. The Morgan fingerprint density at radius 3 is 2.88 bits per heavy atom. The van der Waals surface area contributed by atoms with Crippen LogP contribution in [0, 0.1) is 11.3 Å². The van der Waals surface area contributed by atoms with E-state index in [9.17, 15) is 4.79 Å². The summed E-state index contributed by atoms with van der Waals surface area (Å²) in [5.74, 6) is 0.0644. The Bertz CT molecular complexity index is 590. The SMILES string of the molecule is CC(=O)c1ccn(Cc2cccc(C#N)c2)c1. The summed E-state index contributed by atoms with van der Waals surface area (Å²) in [4.78, 5) is 11.2. The van der Waals surface area contributed by atoms with Gasteiger partial charge in [-0.3, -0.25) is 4.79 Å². The number of ketones is 1. The fourth-order valence-corrected chi connectivity index (χ4v) is 1.70. The van der Waals surface area contributed by atoms with Crippen molar-refractivity contribution in [1.29, 1.82) is 5.26 Å². The lowest BCUT2D eigenvalue weighted by Gasteiger charge is -2.03. The third-order valence-corrected chi connectivity index (χ3v) is 2.58. The van der Waals surface area contributed by atoms with Crippen LogP contribution in [0.5, 0.6) is 0 Å². The van der Waals surface area contributed by atoms with E-state index in [1.807, 2.05) is 35.2 Å². The first kappa shape index (κ1) is 11.2. The van der Waals surface area contributed by atoms with Crippen molar-refractivity contribution in [2.75, 3.05) is 0 Å². The van der Waals surface area contributed by atoms with Gasteiger partial charge >= 0.3 is 0 Å². The number of nitrogens with zero attached hydrogens (tertiary/aromatic N) is 2. The van der Waals surface area contributed by atoms with Gasteiger partial charge < -0.3 is 4.57 Å². The van der Waals surface area contributed by atoms with Gasteiger partial charge in [-0.05, 0) is 30.7 Å². The molecule has 0 aliphatic carbocycles. The Balaban J connectivity index is 2.19. The van der Waals surface area contributed by atoms with Crippen molar-refractivity contribution in [3.8, 4) is 6.07 Å². The first-order chi connectivity index (χ1) is 8.19. The first-order valence-corrected chi connectivity index (χ1v) is 5.35. The molecule has 0 radical (unpaired) electrons. The molecule has 1 aromatic heterocycles. The standard InChI is InChI=1S/C14H12N2O/c1-11(17)14-5-6-16(10-14)9-13-4-2-3-12(7-13)8-15/h2-7,10H,9H2,1H3. The van der Waals surface area contributed by atoms with Crippen LogP contribution in [0.4, 0.5) is 0 Å². The normalized spacial score (nSPS) is 9.88. The zero-order valence-corrected chi connectivity index (χ0v) is 9.55. The van der Waals surface area contributed by atoms with E-state index >= 15 is 0 Å². The molecule has 0 bridgehead atoms. The molecule has 17 heavy (non-hydrogen) atoms. The molecule has 1 heterocycles. The lowest BCUT2D eigenvalue weighted by Crippen LogP contribution is -1.97. The molecular formula is C14H12N2O. The molecule has 2 aromatic rings. The number of carbonyl (C=O) groups excluding carboxylic acids is 1. The molecule has 0 N–H and O–H groups in total. The van der Waals surface area contributed by atoms with E-state index in [0.29, 0.717) is 17.7 Å². The van der Waals surface area contributed by atoms with Gasteiger partial charge in [-0.25, -0.2) is 0 Å². The third kappa shape index (κ3) is 2.61. The van der Waals surface area contributed by atoms with Crippen LogP contribution in [0.1, 0.15) is 28.4 Å². The van der Waals surface area contributed by atoms with Crippen molar-refractivity contribution in [3.05, 3.63) is 59.4 Å². The molecule has 0 unspecified atom stereocenters. The number of Topliss-reactive ketones (excluding diaryl/α,β-unsaturated/α-hetero) is 1. The number of aromatic nitrogens is 1. The van der Waals surface area contributed by atoms with Crippen LogP contribution in [0.3, 0.4) is 0 Å². The maximum Gasteiger partial charge on any atom is 0.161 e. The zero-order valence-electron chi connectivity index (χ0n) is 9.55. The minimum absolute atomic E-state index is 0.0644. The minimum atomic E-state index is 0.0644. The highest BCUT2D eigenvalue weighted by molar-refractivity contribution is 5.93. The molecule has 0 amide bonds. The Hall–Kier alpha value is -2.34. The highest BCUT2D eigenvalue weighted by Gasteiger charge is 2.02. The number of benzene rings is 1. The Morgan fingerprint density at radius 2 is 2.24 bits per heavy atom. The summed E-state index contributed by atoms with van der Waals surface area (Å²) < 4.78 is 1.94. The number of carbonyl (C=O) groups is 1. The maximum atomic E-state index is 11.2. The quantitative estimate of drug-likeness (QED) is 0.752. The number of nitriles is 1. The number of rotatable bonds is 3. The van der Waals surface area contributed by atoms with Gasteiger partial charge in [0.25, 0.3) is 0 Å². The maximum absolute atomic E-state index is 11.2. The van der Waals surface area contributed by atoms with Gasteiger partial charge in [0.05, 0.1) is 11.6 Å². The van der Waals surface area contributed by atoms with Crippen molar-refractivity contribution < 1.29 is 4.79 Å². The van der Waals surface area contributed by atoms with Crippen LogP contribution in [-0.2, 0) is 6.54 Å². The average molecular weight is 224 g/mol. The molecule has 3 heteroatoms. The largest absolute Gasteiger partial charge is 0.349 e. The van der Waals surface area contributed by atoms with Gasteiger partial charge in [0.15, 0.2) is 5.78 Å². The molecule has 2 rings (SSSR count). The van der Waals surface area contributed by atoms with Gasteiger partial charge in [-0.1, -0.05) is 12.1 Å². The fraction of sp³-hybridized carbons (Fsp3) is 0.143. The van der Waals surface area contributed by atoms with E-state index in [-0.39, 0.29) is 5.78 Å². The monoisotopic (exact) mass is 224 g/mol. The number of hydrogen-bond acceptors (Lipinski definition) is 2. The fourth-order valence-electron chi connectivity index (χ4n) is 1.70. The predicted molar refractivity (Wildman–Crippen MR) is 64.7 cm³/mol. The molecule has 1 aromatic carbocycles. The van der Waals surface area contributed by atoms with Crippen LogP contribution >= 0.6 is 0 Å². The van der Waals surface area contributed by atoms with Gasteiger partial charge in [-0.2, -0.15) is 5.26 Å². The van der Waals surface area contributed by atoms with Crippen LogP contribution in [0.2, 0.25) is 0 Å². The smallest absolute Gasteiger partial charge is 0.161 e. The highest BCUT2D eigenvalue weighted by atomic mass is 16.1. The van der Waals surface area contributed by atoms with Crippen LogP contribution in [0.25, 0.3) is 0 Å². The van der Waals surface area contributed by atoms with E-state index in [0.717, 1.165) is 5.56 Å². The second-order valence-corrected chi connectivity index (χ2v) is 3.94. The summed E-state index contributed by atoms with van der Waals surface area (Å²) in [7, 11) is 0. The Labute approximate surface area is 99.9 Å². The van der Waals surface area contributed by atoms with Crippen molar-refractivity contribution in [3.63, 3.8) is 0 Å². The molecule has 0 fully saturated rings. The number of hydrogen-bond donors (Lipinski definition) is 0. The van der Waals surface area contributed by atoms with Gasteiger partial charge in [0, 0.05) is 24.5 Å². The minimum Gasteiger partial charge on any atom is -0.349 e. The van der Waals surface area contributed by atoms with E-state index in [1.165, 1.54) is 0 Å². The summed E-state index contributed by atoms with van der Waals surface area (Å²) in [6, 6.07) is 11.4. The molecule has 84 valence electrons. The Kier molecular flexibility index (Phi) is 3.06. The van der Waals surface area contributed by atoms with Crippen molar-refractivity contribution >= 4 is 5.78 Å².